The lowest BCUT2D eigenvalue weighted by atomic mass is 10.1. The van der Waals surface area contributed by atoms with Gasteiger partial charge < -0.3 is 15.5 Å². The van der Waals surface area contributed by atoms with Crippen molar-refractivity contribution in [2.24, 2.45) is 11.1 Å². The number of rotatable bonds is 7. The molecule has 2 rings (SSSR count). The van der Waals surface area contributed by atoms with Gasteiger partial charge >= 0.3 is 0 Å². The quantitative estimate of drug-likeness (QED) is 0.797. The van der Waals surface area contributed by atoms with Gasteiger partial charge in [-0.15, -0.1) is 0 Å². The van der Waals surface area contributed by atoms with Crippen molar-refractivity contribution in [2.75, 3.05) is 33.7 Å². The number of hydrogen-bond donors (Lipinski definition) is 1. The molecule has 2 N–H and O–H groups in total. The molecular formula is C15H24N4O. The first-order valence-electron chi connectivity index (χ1n) is 7.10. The Hall–Kier alpha value is -1.46. The molecule has 1 aliphatic rings. The van der Waals surface area contributed by atoms with Crippen molar-refractivity contribution in [3.05, 3.63) is 30.1 Å². The molecule has 20 heavy (non-hydrogen) atoms. The fourth-order valence-electron chi connectivity index (χ4n) is 2.28. The molecule has 1 heterocycles. The number of nitrogens with zero attached hydrogens (tertiary/aromatic N) is 3. The molecule has 1 aromatic heterocycles. The largest absolute Gasteiger partial charge is 0.337 e. The second-order valence-corrected chi connectivity index (χ2v) is 5.88. The van der Waals surface area contributed by atoms with E-state index in [1.54, 1.807) is 6.20 Å². The van der Waals surface area contributed by atoms with Crippen LogP contribution >= 0.6 is 0 Å². The highest BCUT2D eigenvalue weighted by molar-refractivity contribution is 5.85. The molecule has 0 spiro atoms. The topological polar surface area (TPSA) is 62.5 Å². The molecule has 1 fully saturated rings. The summed E-state index contributed by atoms with van der Waals surface area (Å²) in [5.74, 6) is 0.200. The average Bonchev–Trinajstić information content (AvgIpc) is 3.24. The minimum absolute atomic E-state index is 0.200. The second kappa shape index (κ2) is 6.33. The van der Waals surface area contributed by atoms with E-state index in [4.69, 9.17) is 5.73 Å². The van der Waals surface area contributed by atoms with Crippen LogP contribution in [-0.4, -0.2) is 54.4 Å². The van der Waals surface area contributed by atoms with E-state index in [-0.39, 0.29) is 11.3 Å². The van der Waals surface area contributed by atoms with E-state index in [0.717, 1.165) is 31.5 Å². The van der Waals surface area contributed by atoms with Crippen molar-refractivity contribution < 1.29 is 4.79 Å². The van der Waals surface area contributed by atoms with Gasteiger partial charge in [0.2, 0.25) is 5.91 Å². The second-order valence-electron chi connectivity index (χ2n) is 5.88. The van der Waals surface area contributed by atoms with Crippen LogP contribution in [-0.2, 0) is 11.3 Å². The molecule has 1 aromatic rings. The Labute approximate surface area is 120 Å². The van der Waals surface area contributed by atoms with E-state index in [0.29, 0.717) is 13.1 Å². The molecule has 1 amide bonds. The Morgan fingerprint density at radius 1 is 1.40 bits per heavy atom. The van der Waals surface area contributed by atoms with E-state index < -0.39 is 0 Å². The summed E-state index contributed by atoms with van der Waals surface area (Å²) in [5, 5.41) is 0. The summed E-state index contributed by atoms with van der Waals surface area (Å²) in [6.45, 7) is 2.65. The molecule has 5 nitrogen and oxygen atoms in total. The minimum Gasteiger partial charge on any atom is -0.337 e. The first kappa shape index (κ1) is 14.9. The summed E-state index contributed by atoms with van der Waals surface area (Å²) in [6, 6.07) is 3.91. The van der Waals surface area contributed by atoms with Crippen LogP contribution in [0.25, 0.3) is 0 Å². The number of likely N-dealkylation sites (N-methyl/N-ethyl adjacent to an activating group) is 1. The molecule has 5 heteroatoms. The van der Waals surface area contributed by atoms with Crippen molar-refractivity contribution in [3.63, 3.8) is 0 Å². The lowest BCUT2D eigenvalue weighted by Gasteiger charge is -2.28. The smallest absolute Gasteiger partial charge is 0.230 e. The fourth-order valence-corrected chi connectivity index (χ4v) is 2.28. The summed E-state index contributed by atoms with van der Waals surface area (Å²) in [7, 11) is 4.03. The normalized spacial score (nSPS) is 16.2. The SMILES string of the molecule is CN(C)CCN(Cc1cccnc1)C(=O)C1(CN)CC1. The van der Waals surface area contributed by atoms with Crippen LogP contribution in [0.3, 0.4) is 0 Å². The Bertz CT molecular complexity index is 442. The lowest BCUT2D eigenvalue weighted by molar-refractivity contribution is -0.137. The van der Waals surface area contributed by atoms with Crippen molar-refractivity contribution in [2.45, 2.75) is 19.4 Å². The van der Waals surface area contributed by atoms with Gasteiger partial charge in [0.05, 0.1) is 5.41 Å². The summed E-state index contributed by atoms with van der Waals surface area (Å²) in [5.41, 5.74) is 6.57. The predicted octanol–water partition coefficient (Wildman–Crippen LogP) is 0.711. The van der Waals surface area contributed by atoms with Gasteiger partial charge in [0.15, 0.2) is 0 Å². The third-order valence-electron chi connectivity index (χ3n) is 3.90. The monoisotopic (exact) mass is 276 g/mol. The number of carbonyl (C=O) groups is 1. The minimum atomic E-state index is -0.283. The maximum Gasteiger partial charge on any atom is 0.230 e. The summed E-state index contributed by atoms with van der Waals surface area (Å²) < 4.78 is 0. The molecule has 1 aliphatic carbocycles. The van der Waals surface area contributed by atoms with Crippen LogP contribution in [0, 0.1) is 5.41 Å². The van der Waals surface area contributed by atoms with Crippen molar-refractivity contribution in [3.8, 4) is 0 Å². The Morgan fingerprint density at radius 2 is 2.15 bits per heavy atom. The van der Waals surface area contributed by atoms with Gasteiger partial charge in [-0.3, -0.25) is 9.78 Å². The van der Waals surface area contributed by atoms with E-state index >= 15 is 0 Å². The van der Waals surface area contributed by atoms with Crippen molar-refractivity contribution in [1.82, 2.24) is 14.8 Å². The number of hydrogen-bond acceptors (Lipinski definition) is 4. The van der Waals surface area contributed by atoms with Gasteiger partial charge in [0.1, 0.15) is 0 Å². The van der Waals surface area contributed by atoms with Crippen LogP contribution in [0.1, 0.15) is 18.4 Å². The highest BCUT2D eigenvalue weighted by Gasteiger charge is 2.50. The van der Waals surface area contributed by atoms with Crippen molar-refractivity contribution >= 4 is 5.91 Å². The maximum atomic E-state index is 12.7. The van der Waals surface area contributed by atoms with E-state index in [9.17, 15) is 4.79 Å². The summed E-state index contributed by atoms with van der Waals surface area (Å²) in [4.78, 5) is 20.8. The Kier molecular flexibility index (Phi) is 4.73. The standard InChI is InChI=1S/C15H24N4O/c1-18(2)8-9-19(11-13-4-3-7-17-10-13)14(20)15(12-16)5-6-15/h3-4,7,10H,5-6,8-9,11-12,16H2,1-2H3. The molecule has 1 saturated carbocycles. The highest BCUT2D eigenvalue weighted by atomic mass is 16.2. The molecule has 0 radical (unpaired) electrons. The fraction of sp³-hybridized carbons (Fsp3) is 0.600. The zero-order valence-electron chi connectivity index (χ0n) is 12.4. The third kappa shape index (κ3) is 3.55. The van der Waals surface area contributed by atoms with Gasteiger partial charge in [-0.25, -0.2) is 0 Å². The lowest BCUT2D eigenvalue weighted by Crippen LogP contribution is -2.43. The number of nitrogens with two attached hydrogens (primary N) is 1. The average molecular weight is 276 g/mol. The van der Waals surface area contributed by atoms with Gasteiger partial charge in [-0.1, -0.05) is 6.07 Å². The summed E-state index contributed by atoms with van der Waals surface area (Å²) in [6.07, 6.45) is 5.41. The van der Waals surface area contributed by atoms with Crippen LogP contribution in [0.5, 0.6) is 0 Å². The van der Waals surface area contributed by atoms with Crippen LogP contribution < -0.4 is 5.73 Å². The van der Waals surface area contributed by atoms with Crippen molar-refractivity contribution in [1.29, 1.82) is 0 Å². The van der Waals surface area contributed by atoms with Crippen LogP contribution in [0.15, 0.2) is 24.5 Å². The Balaban J connectivity index is 2.06. The van der Waals surface area contributed by atoms with Gasteiger partial charge in [0.25, 0.3) is 0 Å². The number of aromatic nitrogens is 1. The van der Waals surface area contributed by atoms with Crippen LogP contribution in [0.2, 0.25) is 0 Å². The van der Waals surface area contributed by atoms with E-state index in [1.807, 2.05) is 37.3 Å². The van der Waals surface area contributed by atoms with Gasteiger partial charge in [-0.05, 0) is 38.6 Å². The maximum absolute atomic E-state index is 12.7. The van der Waals surface area contributed by atoms with Crippen LogP contribution in [0.4, 0.5) is 0 Å². The van der Waals surface area contributed by atoms with Gasteiger partial charge in [-0.2, -0.15) is 0 Å². The third-order valence-corrected chi connectivity index (χ3v) is 3.90. The molecule has 0 aromatic carbocycles. The molecule has 0 saturated heterocycles. The molecular weight excluding hydrogens is 252 g/mol. The molecule has 0 atom stereocenters. The first-order chi connectivity index (χ1) is 9.57. The predicted molar refractivity (Wildman–Crippen MR) is 78.9 cm³/mol. The number of pyridine rings is 1. The number of carbonyl (C=O) groups excluding carboxylic acids is 1. The van der Waals surface area contributed by atoms with Gasteiger partial charge in [0, 0.05) is 38.6 Å². The molecule has 110 valence electrons. The molecule has 0 aliphatic heterocycles. The number of amides is 1. The summed E-state index contributed by atoms with van der Waals surface area (Å²) >= 11 is 0. The highest BCUT2D eigenvalue weighted by Crippen LogP contribution is 2.46. The zero-order valence-corrected chi connectivity index (χ0v) is 12.4. The molecule has 0 unspecified atom stereocenters. The molecule has 0 bridgehead atoms. The first-order valence-corrected chi connectivity index (χ1v) is 7.10. The van der Waals surface area contributed by atoms with E-state index in [2.05, 4.69) is 9.88 Å². The Morgan fingerprint density at radius 3 is 2.65 bits per heavy atom. The zero-order chi connectivity index (χ0) is 14.6. The van der Waals surface area contributed by atoms with E-state index in [1.165, 1.54) is 0 Å².